The molecule has 2 aromatic carbocycles. The van der Waals surface area contributed by atoms with Gasteiger partial charge in [-0.05, 0) is 55.5 Å². The molecule has 1 fully saturated rings. The lowest BCUT2D eigenvalue weighted by molar-refractivity contribution is -0.0942. The molecule has 0 atom stereocenters. The van der Waals surface area contributed by atoms with E-state index in [1.165, 1.54) is 10.7 Å². The molecule has 5 aromatic rings. The van der Waals surface area contributed by atoms with Crippen molar-refractivity contribution in [1.82, 2.24) is 35.4 Å². The van der Waals surface area contributed by atoms with Crippen LogP contribution in [0.25, 0.3) is 39.9 Å². The Bertz CT molecular complexity index is 1560. The smallest absolute Gasteiger partial charge is 0.281 e. The van der Waals surface area contributed by atoms with E-state index in [-0.39, 0.29) is 17.5 Å². The third-order valence-electron chi connectivity index (χ3n) is 7.33. The van der Waals surface area contributed by atoms with Crippen molar-refractivity contribution in [2.45, 2.75) is 44.6 Å². The van der Waals surface area contributed by atoms with Crippen LogP contribution in [0.1, 0.15) is 31.2 Å². The minimum absolute atomic E-state index is 0.0259. The lowest BCUT2D eigenvalue weighted by Gasteiger charge is -2.30. The highest BCUT2D eigenvalue weighted by atomic mass is 19.1. The van der Waals surface area contributed by atoms with E-state index in [4.69, 9.17) is 4.52 Å². The summed E-state index contributed by atoms with van der Waals surface area (Å²) in [4.78, 5) is 8.66. The number of nitrogens with zero attached hydrogens (tertiary/aromatic N) is 6. The summed E-state index contributed by atoms with van der Waals surface area (Å²) in [6.07, 6.45) is 5.52. The second-order valence-electron chi connectivity index (χ2n) is 9.91. The van der Waals surface area contributed by atoms with Gasteiger partial charge in [0.1, 0.15) is 17.2 Å². The van der Waals surface area contributed by atoms with Crippen molar-refractivity contribution in [1.29, 1.82) is 0 Å². The van der Waals surface area contributed by atoms with Crippen LogP contribution in [0.4, 0.5) is 4.39 Å². The molecule has 0 aliphatic heterocycles. The Balaban J connectivity index is 1.20. The molecule has 0 radical (unpaired) electrons. The van der Waals surface area contributed by atoms with Crippen LogP contribution in [0.2, 0.25) is 0 Å². The van der Waals surface area contributed by atoms with Gasteiger partial charge in [0.05, 0.1) is 0 Å². The number of nitrogens with one attached hydrogen (secondary N) is 1. The number of rotatable bonds is 8. The standard InChI is InChI=1S/C29H28FN7O3/c30-23-3-1-2-4-24(23)37-26(19-13-15-31-16-14-19)25(34-36-37)28-33-27(35-40-28)20-7-5-18(6-8-20)17-32-22-11-9-21(10-12-22)29(38)39/h1-8,13-16,21-22,29,32,38-39H,9-12,17H2/t21-,22+. The maximum Gasteiger partial charge on any atom is 0.281 e. The minimum Gasteiger partial charge on any atom is -0.368 e. The third-order valence-corrected chi connectivity index (χ3v) is 7.33. The fourth-order valence-electron chi connectivity index (χ4n) is 5.08. The van der Waals surface area contributed by atoms with Gasteiger partial charge in [0.15, 0.2) is 12.0 Å². The Morgan fingerprint density at radius 3 is 2.42 bits per heavy atom. The van der Waals surface area contributed by atoms with Crippen LogP contribution in [0.15, 0.2) is 77.6 Å². The molecule has 3 heterocycles. The molecule has 3 N–H and O–H groups in total. The number of halogens is 1. The topological polar surface area (TPSA) is 135 Å². The van der Waals surface area contributed by atoms with E-state index >= 15 is 0 Å². The number of benzene rings is 2. The van der Waals surface area contributed by atoms with Crippen LogP contribution in [-0.2, 0) is 6.54 Å². The largest absolute Gasteiger partial charge is 0.368 e. The molecule has 0 amide bonds. The number of aromatic nitrogens is 6. The first-order chi connectivity index (χ1) is 19.6. The van der Waals surface area contributed by atoms with Crippen LogP contribution >= 0.6 is 0 Å². The molecule has 0 bridgehead atoms. The van der Waals surface area contributed by atoms with Crippen molar-refractivity contribution in [3.63, 3.8) is 0 Å². The average Bonchev–Trinajstić information content (AvgIpc) is 3.65. The van der Waals surface area contributed by atoms with Gasteiger partial charge in [0.25, 0.3) is 5.89 Å². The second kappa shape index (κ2) is 11.4. The van der Waals surface area contributed by atoms with Crippen molar-refractivity contribution in [2.75, 3.05) is 0 Å². The van der Waals surface area contributed by atoms with E-state index in [0.29, 0.717) is 29.8 Å². The van der Waals surface area contributed by atoms with E-state index in [2.05, 4.69) is 30.8 Å². The molecular weight excluding hydrogens is 513 g/mol. The summed E-state index contributed by atoms with van der Waals surface area (Å²) < 4.78 is 21.7. The maximum absolute atomic E-state index is 14.7. The predicted octanol–water partition coefficient (Wildman–Crippen LogP) is 4.14. The monoisotopic (exact) mass is 541 g/mol. The van der Waals surface area contributed by atoms with Crippen molar-refractivity contribution >= 4 is 0 Å². The van der Waals surface area contributed by atoms with Crippen molar-refractivity contribution in [2.24, 2.45) is 5.92 Å². The Hall–Kier alpha value is -4.32. The van der Waals surface area contributed by atoms with Gasteiger partial charge in [-0.2, -0.15) is 4.98 Å². The highest BCUT2D eigenvalue weighted by molar-refractivity contribution is 5.76. The van der Waals surface area contributed by atoms with Crippen molar-refractivity contribution in [3.8, 4) is 39.9 Å². The number of para-hydroxylation sites is 1. The molecule has 6 rings (SSSR count). The van der Waals surface area contributed by atoms with Gasteiger partial charge in [-0.25, -0.2) is 9.07 Å². The van der Waals surface area contributed by atoms with Crippen molar-refractivity contribution < 1.29 is 19.1 Å². The van der Waals surface area contributed by atoms with E-state index in [0.717, 1.165) is 42.4 Å². The Morgan fingerprint density at radius 1 is 0.950 bits per heavy atom. The molecule has 0 spiro atoms. The number of aliphatic hydroxyl groups excluding tert-OH is 1. The molecule has 0 saturated heterocycles. The Morgan fingerprint density at radius 2 is 1.70 bits per heavy atom. The Labute approximate surface area is 229 Å². The van der Waals surface area contributed by atoms with Gasteiger partial charge in [0, 0.05) is 42.0 Å². The van der Waals surface area contributed by atoms with E-state index < -0.39 is 12.1 Å². The van der Waals surface area contributed by atoms with Gasteiger partial charge >= 0.3 is 0 Å². The fraction of sp³-hybridized carbons (Fsp3) is 0.276. The lowest BCUT2D eigenvalue weighted by atomic mass is 9.85. The van der Waals surface area contributed by atoms with Crippen LogP contribution in [0.5, 0.6) is 0 Å². The summed E-state index contributed by atoms with van der Waals surface area (Å²) in [5, 5.41) is 35.0. The first kappa shape index (κ1) is 25.9. The number of aliphatic hydroxyl groups is 2. The molecule has 11 heteroatoms. The normalized spacial score (nSPS) is 17.4. The molecule has 1 aliphatic rings. The highest BCUT2D eigenvalue weighted by Gasteiger charge is 2.26. The zero-order chi connectivity index (χ0) is 27.5. The minimum atomic E-state index is -1.22. The van der Waals surface area contributed by atoms with Crippen LogP contribution in [0.3, 0.4) is 0 Å². The molecule has 1 saturated carbocycles. The second-order valence-corrected chi connectivity index (χ2v) is 9.91. The maximum atomic E-state index is 14.7. The predicted molar refractivity (Wildman–Crippen MR) is 144 cm³/mol. The van der Waals surface area contributed by atoms with Gasteiger partial charge in [-0.15, -0.1) is 5.10 Å². The van der Waals surface area contributed by atoms with Crippen LogP contribution in [-0.4, -0.2) is 52.7 Å². The quantitative estimate of drug-likeness (QED) is 0.248. The average molecular weight is 542 g/mol. The summed E-state index contributed by atoms with van der Waals surface area (Å²) in [6, 6.07) is 18.2. The first-order valence-corrected chi connectivity index (χ1v) is 13.2. The number of hydrogen-bond acceptors (Lipinski definition) is 9. The van der Waals surface area contributed by atoms with Gasteiger partial charge in [-0.1, -0.05) is 46.8 Å². The zero-order valence-electron chi connectivity index (χ0n) is 21.6. The van der Waals surface area contributed by atoms with Crippen LogP contribution in [0, 0.1) is 11.7 Å². The molecule has 204 valence electrons. The lowest BCUT2D eigenvalue weighted by Crippen LogP contribution is -2.35. The van der Waals surface area contributed by atoms with E-state index in [1.54, 1.807) is 42.7 Å². The molecule has 40 heavy (non-hydrogen) atoms. The van der Waals surface area contributed by atoms with E-state index in [9.17, 15) is 14.6 Å². The van der Waals surface area contributed by atoms with Gasteiger partial charge < -0.3 is 20.1 Å². The molecule has 10 nitrogen and oxygen atoms in total. The van der Waals surface area contributed by atoms with Gasteiger partial charge in [0.2, 0.25) is 5.82 Å². The number of hydrogen-bond donors (Lipinski definition) is 3. The first-order valence-electron chi connectivity index (χ1n) is 13.2. The molecule has 1 aliphatic carbocycles. The molecular formula is C29H28FN7O3. The van der Waals surface area contributed by atoms with Gasteiger partial charge in [-0.3, -0.25) is 4.98 Å². The summed E-state index contributed by atoms with van der Waals surface area (Å²) in [5.74, 6) is 0.101. The SMILES string of the molecule is OC(O)[C@H]1CC[C@@H](NCc2ccc(-c3noc(-c4nnn(-c5ccccc5F)c4-c4ccncc4)n3)cc2)CC1. The third kappa shape index (κ3) is 5.39. The number of pyridine rings is 1. The summed E-state index contributed by atoms with van der Waals surface area (Å²) in [5.41, 5.74) is 3.70. The van der Waals surface area contributed by atoms with Crippen LogP contribution < -0.4 is 5.32 Å². The summed E-state index contributed by atoms with van der Waals surface area (Å²) in [6.45, 7) is 0.712. The Kier molecular flexibility index (Phi) is 7.41. The van der Waals surface area contributed by atoms with Crippen molar-refractivity contribution in [3.05, 3.63) is 84.4 Å². The molecule has 0 unspecified atom stereocenters. The summed E-state index contributed by atoms with van der Waals surface area (Å²) >= 11 is 0. The molecule has 3 aromatic heterocycles. The van der Waals surface area contributed by atoms with E-state index in [1.807, 2.05) is 24.3 Å². The zero-order valence-corrected chi connectivity index (χ0v) is 21.6. The summed E-state index contributed by atoms with van der Waals surface area (Å²) in [7, 11) is 0. The highest BCUT2D eigenvalue weighted by Crippen LogP contribution is 2.33. The fourth-order valence-corrected chi connectivity index (χ4v) is 5.08.